The molecular formula is C10H11BrN4O. The normalized spacial score (nSPS) is 10.6. The molecule has 1 aromatic heterocycles. The Morgan fingerprint density at radius 1 is 1.44 bits per heavy atom. The highest BCUT2D eigenvalue weighted by Gasteiger charge is 2.08. The highest BCUT2D eigenvalue weighted by atomic mass is 79.9. The summed E-state index contributed by atoms with van der Waals surface area (Å²) in [6, 6.07) is 7.41. The van der Waals surface area contributed by atoms with Crippen LogP contribution in [0.25, 0.3) is 5.69 Å². The number of benzene rings is 1. The third-order valence-corrected chi connectivity index (χ3v) is 2.80. The molecule has 0 unspecified atom stereocenters. The van der Waals surface area contributed by atoms with Crippen molar-refractivity contribution in [2.45, 2.75) is 6.42 Å². The van der Waals surface area contributed by atoms with Gasteiger partial charge in [0.05, 0.1) is 5.69 Å². The van der Waals surface area contributed by atoms with E-state index >= 15 is 0 Å². The van der Waals surface area contributed by atoms with Gasteiger partial charge in [0.15, 0.2) is 0 Å². The first-order valence-corrected chi connectivity index (χ1v) is 5.65. The lowest BCUT2D eigenvalue weighted by Gasteiger charge is -2.01. The predicted molar refractivity (Wildman–Crippen MR) is 64.6 cm³/mol. The number of para-hydroxylation sites is 1. The summed E-state index contributed by atoms with van der Waals surface area (Å²) in [4.78, 5) is 14.3. The summed E-state index contributed by atoms with van der Waals surface area (Å²) < 4.78 is 2.15. The molecule has 2 rings (SSSR count). The number of nitrogens with one attached hydrogen (secondary N) is 1. The molecule has 2 aromatic rings. The monoisotopic (exact) mass is 282 g/mol. The molecule has 0 bridgehead atoms. The second-order valence-corrected chi connectivity index (χ2v) is 4.13. The van der Waals surface area contributed by atoms with Gasteiger partial charge in [-0.25, -0.2) is 4.79 Å². The Morgan fingerprint density at radius 3 is 2.88 bits per heavy atom. The van der Waals surface area contributed by atoms with E-state index in [9.17, 15) is 4.79 Å². The van der Waals surface area contributed by atoms with Gasteiger partial charge in [-0.05, 0) is 34.6 Å². The average Bonchev–Trinajstić information content (AvgIpc) is 2.61. The summed E-state index contributed by atoms with van der Waals surface area (Å²) in [7, 11) is 0. The molecule has 0 aliphatic rings. The van der Waals surface area contributed by atoms with Crippen molar-refractivity contribution >= 4 is 15.9 Å². The SMILES string of the molecule is NCCc1nn(-c2ccccc2Br)c(=O)[nH]1. The molecule has 1 aromatic carbocycles. The highest BCUT2D eigenvalue weighted by molar-refractivity contribution is 9.10. The van der Waals surface area contributed by atoms with Crippen molar-refractivity contribution in [1.29, 1.82) is 0 Å². The van der Waals surface area contributed by atoms with Crippen LogP contribution in [0.4, 0.5) is 0 Å². The summed E-state index contributed by atoms with van der Waals surface area (Å²) in [6.07, 6.45) is 0.562. The quantitative estimate of drug-likeness (QED) is 0.875. The number of aromatic nitrogens is 3. The van der Waals surface area contributed by atoms with E-state index in [1.165, 1.54) is 4.68 Å². The molecule has 0 fully saturated rings. The van der Waals surface area contributed by atoms with E-state index in [1.807, 2.05) is 24.3 Å². The highest BCUT2D eigenvalue weighted by Crippen LogP contribution is 2.17. The van der Waals surface area contributed by atoms with Gasteiger partial charge in [-0.2, -0.15) is 9.78 Å². The van der Waals surface area contributed by atoms with Crippen molar-refractivity contribution < 1.29 is 0 Å². The molecule has 5 nitrogen and oxygen atoms in total. The fourth-order valence-electron chi connectivity index (χ4n) is 1.40. The Bertz CT molecular complexity index is 546. The van der Waals surface area contributed by atoms with Crippen LogP contribution in [0.3, 0.4) is 0 Å². The van der Waals surface area contributed by atoms with E-state index in [-0.39, 0.29) is 5.69 Å². The molecule has 1 heterocycles. The van der Waals surface area contributed by atoms with E-state index in [2.05, 4.69) is 26.0 Å². The summed E-state index contributed by atoms with van der Waals surface area (Å²) >= 11 is 3.38. The van der Waals surface area contributed by atoms with E-state index in [1.54, 1.807) is 0 Å². The van der Waals surface area contributed by atoms with Crippen LogP contribution in [0, 0.1) is 0 Å². The van der Waals surface area contributed by atoms with Crippen molar-refractivity contribution in [1.82, 2.24) is 14.8 Å². The molecule has 0 spiro atoms. The van der Waals surface area contributed by atoms with Gasteiger partial charge < -0.3 is 5.73 Å². The maximum atomic E-state index is 11.7. The van der Waals surface area contributed by atoms with Gasteiger partial charge in [-0.3, -0.25) is 4.98 Å². The van der Waals surface area contributed by atoms with Crippen LogP contribution in [0.1, 0.15) is 5.82 Å². The first-order valence-electron chi connectivity index (χ1n) is 4.85. The Balaban J connectivity index is 2.48. The standard InChI is InChI=1S/C10H11BrN4O/c11-7-3-1-2-4-8(7)15-10(16)13-9(14-15)5-6-12/h1-4H,5-6,12H2,(H,13,14,16). The Morgan fingerprint density at radius 2 is 2.19 bits per heavy atom. The van der Waals surface area contributed by atoms with Crippen LogP contribution in [0.5, 0.6) is 0 Å². The maximum absolute atomic E-state index is 11.7. The van der Waals surface area contributed by atoms with Crippen molar-refractivity contribution in [3.05, 3.63) is 45.0 Å². The second kappa shape index (κ2) is 4.63. The number of halogens is 1. The predicted octanol–water partition coefficient (Wildman–Crippen LogP) is 0.824. The molecule has 16 heavy (non-hydrogen) atoms. The minimum absolute atomic E-state index is 0.254. The second-order valence-electron chi connectivity index (χ2n) is 3.28. The average molecular weight is 283 g/mol. The van der Waals surface area contributed by atoms with E-state index in [0.717, 1.165) is 4.47 Å². The molecule has 6 heteroatoms. The molecular weight excluding hydrogens is 272 g/mol. The molecule has 0 amide bonds. The van der Waals surface area contributed by atoms with Gasteiger partial charge in [0, 0.05) is 10.9 Å². The van der Waals surface area contributed by atoms with Gasteiger partial charge in [0.2, 0.25) is 0 Å². The molecule has 0 radical (unpaired) electrons. The summed E-state index contributed by atoms with van der Waals surface area (Å²) in [5, 5.41) is 4.17. The minimum atomic E-state index is -0.254. The molecule has 3 N–H and O–H groups in total. The lowest BCUT2D eigenvalue weighted by atomic mass is 10.3. The number of hydrogen-bond acceptors (Lipinski definition) is 3. The van der Waals surface area contributed by atoms with Gasteiger partial charge >= 0.3 is 5.69 Å². The van der Waals surface area contributed by atoms with Gasteiger partial charge in [-0.15, -0.1) is 0 Å². The summed E-state index contributed by atoms with van der Waals surface area (Å²) in [6.45, 7) is 0.461. The molecule has 0 saturated heterocycles. The van der Waals surface area contributed by atoms with Gasteiger partial charge in [-0.1, -0.05) is 12.1 Å². The van der Waals surface area contributed by atoms with Crippen LogP contribution < -0.4 is 11.4 Å². The number of hydrogen-bond donors (Lipinski definition) is 2. The van der Waals surface area contributed by atoms with Crippen LogP contribution in [-0.4, -0.2) is 21.3 Å². The Hall–Kier alpha value is -1.40. The molecule has 0 atom stereocenters. The fourth-order valence-corrected chi connectivity index (χ4v) is 1.86. The third kappa shape index (κ3) is 2.07. The molecule has 0 saturated carbocycles. The Labute approximate surface area is 100 Å². The number of H-pyrrole nitrogens is 1. The first kappa shape index (κ1) is 11.1. The van der Waals surface area contributed by atoms with Crippen LogP contribution in [-0.2, 0) is 6.42 Å². The lowest BCUT2D eigenvalue weighted by Crippen LogP contribution is -2.16. The number of nitrogens with zero attached hydrogens (tertiary/aromatic N) is 2. The van der Waals surface area contributed by atoms with Crippen molar-refractivity contribution in [3.8, 4) is 5.69 Å². The Kier molecular flexibility index (Phi) is 3.21. The molecule has 84 valence electrons. The van der Waals surface area contributed by atoms with E-state index in [4.69, 9.17) is 5.73 Å². The van der Waals surface area contributed by atoms with Crippen LogP contribution in [0.2, 0.25) is 0 Å². The largest absolute Gasteiger partial charge is 0.348 e. The van der Waals surface area contributed by atoms with Gasteiger partial charge in [0.25, 0.3) is 0 Å². The van der Waals surface area contributed by atoms with E-state index < -0.39 is 0 Å². The van der Waals surface area contributed by atoms with Crippen molar-refractivity contribution in [2.24, 2.45) is 5.73 Å². The van der Waals surface area contributed by atoms with Gasteiger partial charge in [0.1, 0.15) is 5.82 Å². The fraction of sp³-hybridized carbons (Fsp3) is 0.200. The molecule has 0 aliphatic carbocycles. The third-order valence-electron chi connectivity index (χ3n) is 2.13. The zero-order valence-corrected chi connectivity index (χ0v) is 10.1. The number of rotatable bonds is 3. The van der Waals surface area contributed by atoms with Crippen molar-refractivity contribution in [3.63, 3.8) is 0 Å². The lowest BCUT2D eigenvalue weighted by molar-refractivity contribution is 0.802. The summed E-state index contributed by atoms with van der Waals surface area (Å²) in [5.41, 5.74) is 5.87. The first-order chi connectivity index (χ1) is 7.72. The number of aromatic amines is 1. The minimum Gasteiger partial charge on any atom is -0.330 e. The molecule has 0 aliphatic heterocycles. The topological polar surface area (TPSA) is 76.7 Å². The van der Waals surface area contributed by atoms with E-state index in [0.29, 0.717) is 24.5 Å². The number of nitrogens with two attached hydrogens (primary N) is 1. The summed E-state index contributed by atoms with van der Waals surface area (Å²) in [5.74, 6) is 0.600. The zero-order valence-electron chi connectivity index (χ0n) is 8.48. The maximum Gasteiger partial charge on any atom is 0.348 e. The zero-order chi connectivity index (χ0) is 11.5. The van der Waals surface area contributed by atoms with Crippen molar-refractivity contribution in [2.75, 3.05) is 6.54 Å². The van der Waals surface area contributed by atoms with Crippen LogP contribution in [0.15, 0.2) is 33.5 Å². The van der Waals surface area contributed by atoms with Crippen LogP contribution >= 0.6 is 15.9 Å². The smallest absolute Gasteiger partial charge is 0.330 e.